The van der Waals surface area contributed by atoms with Gasteiger partial charge in [0.05, 0.1) is 11.3 Å². The highest BCUT2D eigenvalue weighted by Crippen LogP contribution is 2.16. The summed E-state index contributed by atoms with van der Waals surface area (Å²) in [6, 6.07) is 2.67. The Balaban J connectivity index is 2.65. The molecule has 2 amide bonds. The van der Waals surface area contributed by atoms with E-state index in [2.05, 4.69) is 17.6 Å². The minimum atomic E-state index is -1.18. The Morgan fingerprint density at radius 2 is 2.10 bits per heavy atom. The van der Waals surface area contributed by atoms with Gasteiger partial charge in [0.15, 0.2) is 0 Å². The summed E-state index contributed by atoms with van der Waals surface area (Å²) in [5.74, 6) is -1.85. The van der Waals surface area contributed by atoms with Gasteiger partial charge in [0.1, 0.15) is 5.82 Å². The van der Waals surface area contributed by atoms with E-state index in [0.29, 0.717) is 0 Å². The lowest BCUT2D eigenvalue weighted by molar-refractivity contribution is 0.0697. The van der Waals surface area contributed by atoms with E-state index in [1.54, 1.807) is 0 Å². The summed E-state index contributed by atoms with van der Waals surface area (Å²) < 4.78 is 13.5. The summed E-state index contributed by atoms with van der Waals surface area (Å²) in [4.78, 5) is 22.5. The normalized spacial score (nSPS) is 11.8. The molecule has 1 unspecified atom stereocenters. The number of amides is 2. The fourth-order valence-electron chi connectivity index (χ4n) is 1.72. The molecule has 5 nitrogen and oxygen atoms in total. The van der Waals surface area contributed by atoms with Gasteiger partial charge in [-0.2, -0.15) is 0 Å². The highest BCUT2D eigenvalue weighted by atomic mass is 19.1. The maximum atomic E-state index is 13.5. The predicted octanol–water partition coefficient (Wildman–Crippen LogP) is 3.22. The third-order valence-corrected chi connectivity index (χ3v) is 2.83. The van der Waals surface area contributed by atoms with Crippen molar-refractivity contribution in [1.82, 2.24) is 5.32 Å². The molecule has 0 aliphatic carbocycles. The van der Waals surface area contributed by atoms with Crippen LogP contribution in [0.2, 0.25) is 0 Å². The van der Waals surface area contributed by atoms with E-state index in [1.807, 2.05) is 6.92 Å². The molecule has 6 heteroatoms. The highest BCUT2D eigenvalue weighted by Gasteiger charge is 2.12. The van der Waals surface area contributed by atoms with Crippen molar-refractivity contribution in [3.8, 4) is 0 Å². The molecule has 1 aromatic carbocycles. The van der Waals surface area contributed by atoms with E-state index < -0.39 is 17.8 Å². The molecule has 1 atom stereocenters. The molecule has 0 fully saturated rings. The van der Waals surface area contributed by atoms with Crippen molar-refractivity contribution >= 4 is 17.7 Å². The number of urea groups is 1. The van der Waals surface area contributed by atoms with Crippen molar-refractivity contribution in [3.05, 3.63) is 29.6 Å². The molecule has 0 spiro atoms. The van der Waals surface area contributed by atoms with Crippen LogP contribution in [0.3, 0.4) is 0 Å². The molecular formula is C14H19FN2O3. The molecule has 0 aromatic heterocycles. The molecule has 0 aliphatic heterocycles. The van der Waals surface area contributed by atoms with Gasteiger partial charge in [-0.05, 0) is 31.5 Å². The van der Waals surface area contributed by atoms with E-state index in [0.717, 1.165) is 37.5 Å². The first kappa shape index (κ1) is 15.9. The number of anilines is 1. The number of benzene rings is 1. The van der Waals surface area contributed by atoms with Crippen molar-refractivity contribution in [2.24, 2.45) is 0 Å². The van der Waals surface area contributed by atoms with Gasteiger partial charge in [-0.25, -0.2) is 14.0 Å². The number of nitrogens with one attached hydrogen (secondary N) is 2. The number of carbonyl (C=O) groups excluding carboxylic acids is 1. The van der Waals surface area contributed by atoms with Crippen LogP contribution in [0.15, 0.2) is 18.2 Å². The fraction of sp³-hybridized carbons (Fsp3) is 0.429. The van der Waals surface area contributed by atoms with Crippen LogP contribution in [0.1, 0.15) is 43.5 Å². The second kappa shape index (κ2) is 7.47. The van der Waals surface area contributed by atoms with Crippen molar-refractivity contribution in [3.63, 3.8) is 0 Å². The van der Waals surface area contributed by atoms with Crippen molar-refractivity contribution < 1.29 is 19.1 Å². The second-order valence-corrected chi connectivity index (χ2v) is 4.64. The smallest absolute Gasteiger partial charge is 0.335 e. The number of hydrogen-bond acceptors (Lipinski definition) is 2. The topological polar surface area (TPSA) is 78.4 Å². The standard InChI is InChI=1S/C14H19FN2O3/c1-3-4-5-9(2)16-14(20)17-12-8-10(13(18)19)6-7-11(12)15/h6-9H,3-5H2,1-2H3,(H,18,19)(H2,16,17,20). The van der Waals surface area contributed by atoms with Crippen LogP contribution in [0.5, 0.6) is 0 Å². The highest BCUT2D eigenvalue weighted by molar-refractivity contribution is 5.93. The van der Waals surface area contributed by atoms with E-state index in [1.165, 1.54) is 0 Å². The van der Waals surface area contributed by atoms with Crippen LogP contribution in [-0.2, 0) is 0 Å². The van der Waals surface area contributed by atoms with Gasteiger partial charge in [-0.15, -0.1) is 0 Å². The molecule has 20 heavy (non-hydrogen) atoms. The first-order valence-corrected chi connectivity index (χ1v) is 6.54. The SMILES string of the molecule is CCCCC(C)NC(=O)Nc1cc(C(=O)O)ccc1F. The minimum Gasteiger partial charge on any atom is -0.478 e. The predicted molar refractivity (Wildman–Crippen MR) is 74.5 cm³/mol. The van der Waals surface area contributed by atoms with Gasteiger partial charge in [0.25, 0.3) is 0 Å². The van der Waals surface area contributed by atoms with Gasteiger partial charge >= 0.3 is 12.0 Å². The van der Waals surface area contributed by atoms with Gasteiger partial charge in [-0.1, -0.05) is 19.8 Å². The minimum absolute atomic E-state index is 0.0272. The van der Waals surface area contributed by atoms with Crippen molar-refractivity contribution in [2.45, 2.75) is 39.2 Å². The Hall–Kier alpha value is -2.11. The van der Waals surface area contributed by atoms with Crippen LogP contribution in [0, 0.1) is 5.82 Å². The van der Waals surface area contributed by atoms with E-state index >= 15 is 0 Å². The lowest BCUT2D eigenvalue weighted by Gasteiger charge is -2.14. The maximum absolute atomic E-state index is 13.5. The average molecular weight is 282 g/mol. The summed E-state index contributed by atoms with van der Waals surface area (Å²) in [5, 5.41) is 13.8. The van der Waals surface area contributed by atoms with Gasteiger partial charge in [-0.3, -0.25) is 0 Å². The van der Waals surface area contributed by atoms with Crippen LogP contribution in [0.25, 0.3) is 0 Å². The molecule has 0 radical (unpaired) electrons. The quantitative estimate of drug-likeness (QED) is 0.749. The summed E-state index contributed by atoms with van der Waals surface area (Å²) in [6.07, 6.45) is 2.86. The molecule has 1 aromatic rings. The molecule has 0 saturated heterocycles. The second-order valence-electron chi connectivity index (χ2n) is 4.64. The number of halogens is 1. The number of carboxylic acids is 1. The number of carboxylic acid groups (broad SMARTS) is 1. The zero-order valence-corrected chi connectivity index (χ0v) is 11.6. The molecular weight excluding hydrogens is 263 g/mol. The van der Waals surface area contributed by atoms with Gasteiger partial charge in [0.2, 0.25) is 0 Å². The van der Waals surface area contributed by atoms with Gasteiger partial charge < -0.3 is 15.7 Å². The molecule has 110 valence electrons. The van der Waals surface area contributed by atoms with E-state index in [4.69, 9.17) is 5.11 Å². The lowest BCUT2D eigenvalue weighted by atomic mass is 10.1. The Kier molecular flexibility index (Phi) is 5.96. The Bertz CT molecular complexity index is 491. The van der Waals surface area contributed by atoms with Crippen LogP contribution in [-0.4, -0.2) is 23.1 Å². The zero-order valence-electron chi connectivity index (χ0n) is 11.6. The Morgan fingerprint density at radius 3 is 2.70 bits per heavy atom. The van der Waals surface area contributed by atoms with Crippen molar-refractivity contribution in [2.75, 3.05) is 5.32 Å². The number of unbranched alkanes of at least 4 members (excludes halogenated alkanes) is 1. The monoisotopic (exact) mass is 282 g/mol. The lowest BCUT2D eigenvalue weighted by Crippen LogP contribution is -2.36. The molecule has 0 heterocycles. The summed E-state index contributed by atoms with van der Waals surface area (Å²) >= 11 is 0. The maximum Gasteiger partial charge on any atom is 0.335 e. The van der Waals surface area contributed by atoms with Crippen LogP contribution < -0.4 is 10.6 Å². The van der Waals surface area contributed by atoms with Gasteiger partial charge in [0, 0.05) is 6.04 Å². The third-order valence-electron chi connectivity index (χ3n) is 2.83. The summed E-state index contributed by atoms with van der Waals surface area (Å²) in [5.41, 5.74) is -0.231. The van der Waals surface area contributed by atoms with E-state index in [-0.39, 0.29) is 17.3 Å². The number of aromatic carboxylic acids is 1. The Labute approximate surface area is 117 Å². The molecule has 0 saturated carbocycles. The summed E-state index contributed by atoms with van der Waals surface area (Å²) in [7, 11) is 0. The largest absolute Gasteiger partial charge is 0.478 e. The van der Waals surface area contributed by atoms with Crippen LogP contribution >= 0.6 is 0 Å². The van der Waals surface area contributed by atoms with Crippen LogP contribution in [0.4, 0.5) is 14.9 Å². The van der Waals surface area contributed by atoms with Crippen molar-refractivity contribution in [1.29, 1.82) is 0 Å². The third kappa shape index (κ3) is 4.87. The first-order chi connectivity index (χ1) is 9.43. The number of carbonyl (C=O) groups is 2. The molecule has 3 N–H and O–H groups in total. The van der Waals surface area contributed by atoms with E-state index in [9.17, 15) is 14.0 Å². The number of hydrogen-bond donors (Lipinski definition) is 3. The zero-order chi connectivity index (χ0) is 15.1. The average Bonchev–Trinajstić information content (AvgIpc) is 2.38. The first-order valence-electron chi connectivity index (χ1n) is 6.54. The summed E-state index contributed by atoms with van der Waals surface area (Å²) in [6.45, 7) is 3.92. The Morgan fingerprint density at radius 1 is 1.40 bits per heavy atom. The molecule has 0 aliphatic rings. The fourth-order valence-corrected chi connectivity index (χ4v) is 1.72. The molecule has 0 bridgehead atoms. The molecule has 1 rings (SSSR count). The number of rotatable bonds is 6.